The lowest BCUT2D eigenvalue weighted by atomic mass is 10.00. The number of nitrogens with zero attached hydrogens (tertiary/aromatic N) is 2. The zero-order chi connectivity index (χ0) is 31.3. The van der Waals surface area contributed by atoms with Gasteiger partial charge >= 0.3 is 0 Å². The van der Waals surface area contributed by atoms with E-state index in [0.717, 1.165) is 11.3 Å². The van der Waals surface area contributed by atoms with Gasteiger partial charge in [0, 0.05) is 48.1 Å². The van der Waals surface area contributed by atoms with Crippen LogP contribution in [-0.2, 0) is 0 Å². The Morgan fingerprint density at radius 3 is 2.04 bits per heavy atom. The number of fused-ring (bicyclic) bond motifs is 9. The molecule has 0 amide bonds. The van der Waals surface area contributed by atoms with E-state index in [1.54, 1.807) is 0 Å². The van der Waals surface area contributed by atoms with Crippen molar-refractivity contribution in [2.75, 3.05) is 0 Å². The number of thiophene rings is 1. The molecule has 3 heteroatoms. The van der Waals surface area contributed by atoms with Gasteiger partial charge in [0.15, 0.2) is 0 Å². The Kier molecular flexibility index (Phi) is 5.29. The highest BCUT2D eigenvalue weighted by Crippen LogP contribution is 2.50. The smallest absolute Gasteiger partial charge is 0.0702 e. The Morgan fingerprint density at radius 2 is 1.12 bits per heavy atom. The molecule has 0 saturated carbocycles. The van der Waals surface area contributed by atoms with Crippen molar-refractivity contribution >= 4 is 64.1 Å². The average Bonchev–Trinajstić information content (AvgIpc) is 3.80. The van der Waals surface area contributed by atoms with E-state index in [9.17, 15) is 0 Å². The minimum absolute atomic E-state index is 0.998. The molecule has 48 heavy (non-hydrogen) atoms. The van der Waals surface area contributed by atoms with E-state index in [1.165, 1.54) is 91.8 Å². The first kappa shape index (κ1) is 26.1. The summed E-state index contributed by atoms with van der Waals surface area (Å²) < 4.78 is 5.14. The maximum atomic E-state index is 4.62. The lowest BCUT2D eigenvalue weighted by Gasteiger charge is -2.13. The molecule has 0 aliphatic heterocycles. The summed E-state index contributed by atoms with van der Waals surface area (Å²) in [5, 5.41) is 7.79. The Morgan fingerprint density at radius 1 is 0.417 bits per heavy atom. The van der Waals surface area contributed by atoms with E-state index in [4.69, 9.17) is 0 Å². The summed E-state index contributed by atoms with van der Waals surface area (Å²) in [6.07, 6.45) is 1.86. The van der Waals surface area contributed by atoms with Crippen molar-refractivity contribution in [3.8, 4) is 50.3 Å². The fourth-order valence-corrected chi connectivity index (χ4v) is 9.13. The number of pyridine rings is 1. The minimum atomic E-state index is 0.998. The predicted molar refractivity (Wildman–Crippen MR) is 204 cm³/mol. The van der Waals surface area contributed by atoms with E-state index in [0.29, 0.717) is 0 Å². The van der Waals surface area contributed by atoms with Gasteiger partial charge in [0.05, 0.1) is 22.4 Å². The van der Waals surface area contributed by atoms with Crippen LogP contribution in [0.15, 0.2) is 158 Å². The molecule has 0 N–H and O–H groups in total. The Labute approximate surface area is 280 Å². The van der Waals surface area contributed by atoms with Crippen molar-refractivity contribution in [3.63, 3.8) is 0 Å². The van der Waals surface area contributed by atoms with Gasteiger partial charge in [-0.1, -0.05) is 91.0 Å². The highest BCUT2D eigenvalue weighted by molar-refractivity contribution is 7.25. The third-order valence-corrected chi connectivity index (χ3v) is 11.4. The highest BCUT2D eigenvalue weighted by atomic mass is 32.1. The van der Waals surface area contributed by atoms with Crippen LogP contribution in [0.3, 0.4) is 0 Å². The van der Waals surface area contributed by atoms with E-state index in [1.807, 2.05) is 23.6 Å². The van der Waals surface area contributed by atoms with Crippen molar-refractivity contribution in [1.29, 1.82) is 0 Å². The van der Waals surface area contributed by atoms with E-state index in [2.05, 4.69) is 155 Å². The number of rotatable bonds is 3. The minimum Gasteiger partial charge on any atom is -0.309 e. The summed E-state index contributed by atoms with van der Waals surface area (Å²) in [5.41, 5.74) is 13.4. The molecule has 222 valence electrons. The van der Waals surface area contributed by atoms with Crippen LogP contribution in [0.25, 0.3) is 103 Å². The first-order valence-electron chi connectivity index (χ1n) is 16.4. The molecule has 3 heterocycles. The maximum Gasteiger partial charge on any atom is 0.0702 e. The third-order valence-electron chi connectivity index (χ3n) is 10.2. The van der Waals surface area contributed by atoms with Gasteiger partial charge in [0.2, 0.25) is 0 Å². The fraction of sp³-hybridized carbons (Fsp3) is 0. The summed E-state index contributed by atoms with van der Waals surface area (Å²) in [6, 6.07) is 55.8. The molecule has 1 aliphatic carbocycles. The molecular weight excluding hydrogens is 601 g/mol. The molecule has 0 spiro atoms. The molecule has 3 aromatic heterocycles. The van der Waals surface area contributed by atoms with Crippen LogP contribution < -0.4 is 0 Å². The van der Waals surface area contributed by atoms with Crippen LogP contribution >= 0.6 is 11.3 Å². The molecule has 0 radical (unpaired) electrons. The normalized spacial score (nSPS) is 12.2. The lowest BCUT2D eigenvalue weighted by molar-refractivity contribution is 1.20. The zero-order valence-electron chi connectivity index (χ0n) is 25.8. The monoisotopic (exact) mass is 626 g/mol. The molecule has 0 fully saturated rings. The SMILES string of the molecule is c1ccc(-c2ccc3c(c2)-c2cccc4c(-n5c6ccccc6c6cc(-c7ccc8sc9ccccc9c8c7)ccc65)ccc-3c24)nc1. The molecule has 11 rings (SSSR count). The first-order valence-corrected chi connectivity index (χ1v) is 17.2. The first-order chi connectivity index (χ1) is 23.8. The molecule has 0 atom stereocenters. The quantitative estimate of drug-likeness (QED) is 0.191. The molecule has 0 bridgehead atoms. The van der Waals surface area contributed by atoms with E-state index >= 15 is 0 Å². The number of hydrogen-bond donors (Lipinski definition) is 0. The van der Waals surface area contributed by atoms with Gasteiger partial charge in [0.1, 0.15) is 0 Å². The van der Waals surface area contributed by atoms with E-state index < -0.39 is 0 Å². The Balaban J connectivity index is 1.11. The molecule has 7 aromatic carbocycles. The summed E-state index contributed by atoms with van der Waals surface area (Å²) in [7, 11) is 0. The standard InChI is InChI=1S/C45H26N2S/c1-3-13-40-31(8-1)37-24-27(28-17-22-44-38(25-28)32-9-2-4-14-43(32)48-44)16-20-42(37)47(40)41-21-19-34-30-18-15-29(39-12-5-6-23-46-39)26-36(30)33-10-7-11-35(41)45(33)34/h1-26H. The maximum absolute atomic E-state index is 4.62. The van der Waals surface area contributed by atoms with Gasteiger partial charge in [-0.2, -0.15) is 0 Å². The van der Waals surface area contributed by atoms with Crippen LogP contribution in [0.2, 0.25) is 0 Å². The van der Waals surface area contributed by atoms with Crippen LogP contribution in [0, 0.1) is 0 Å². The van der Waals surface area contributed by atoms with Gasteiger partial charge in [-0.05, 0) is 99.4 Å². The summed E-state index contributed by atoms with van der Waals surface area (Å²) in [6.45, 7) is 0. The van der Waals surface area contributed by atoms with Crippen molar-refractivity contribution in [2.45, 2.75) is 0 Å². The van der Waals surface area contributed by atoms with Crippen LogP contribution in [0.1, 0.15) is 0 Å². The molecule has 0 saturated heterocycles. The fourth-order valence-electron chi connectivity index (χ4n) is 8.05. The van der Waals surface area contributed by atoms with E-state index in [-0.39, 0.29) is 0 Å². The number of aromatic nitrogens is 2. The topological polar surface area (TPSA) is 17.8 Å². The Hall–Kier alpha value is -6.03. The van der Waals surface area contributed by atoms with Gasteiger partial charge in [-0.15, -0.1) is 11.3 Å². The van der Waals surface area contributed by atoms with Crippen molar-refractivity contribution < 1.29 is 0 Å². The molecule has 1 aliphatic rings. The highest BCUT2D eigenvalue weighted by Gasteiger charge is 2.24. The third kappa shape index (κ3) is 3.59. The average molecular weight is 627 g/mol. The van der Waals surface area contributed by atoms with Crippen LogP contribution in [0.5, 0.6) is 0 Å². The summed E-state index contributed by atoms with van der Waals surface area (Å²) in [5.74, 6) is 0. The number of hydrogen-bond acceptors (Lipinski definition) is 2. The van der Waals surface area contributed by atoms with Crippen molar-refractivity contribution in [3.05, 3.63) is 158 Å². The summed E-state index contributed by atoms with van der Waals surface area (Å²) >= 11 is 1.87. The second-order valence-corrected chi connectivity index (χ2v) is 13.8. The second-order valence-electron chi connectivity index (χ2n) is 12.7. The molecular formula is C45H26N2S. The second kappa shape index (κ2) is 9.74. The lowest BCUT2D eigenvalue weighted by Crippen LogP contribution is -1.95. The summed E-state index contributed by atoms with van der Waals surface area (Å²) in [4.78, 5) is 4.62. The number of para-hydroxylation sites is 1. The van der Waals surface area contributed by atoms with Gasteiger partial charge < -0.3 is 4.57 Å². The molecule has 2 nitrogen and oxygen atoms in total. The van der Waals surface area contributed by atoms with Crippen LogP contribution in [-0.4, -0.2) is 9.55 Å². The number of benzene rings is 7. The van der Waals surface area contributed by atoms with Gasteiger partial charge in [-0.3, -0.25) is 4.98 Å². The van der Waals surface area contributed by atoms with Crippen molar-refractivity contribution in [1.82, 2.24) is 9.55 Å². The zero-order valence-corrected chi connectivity index (χ0v) is 26.6. The van der Waals surface area contributed by atoms with Gasteiger partial charge in [-0.25, -0.2) is 0 Å². The molecule has 10 aromatic rings. The van der Waals surface area contributed by atoms with Crippen molar-refractivity contribution in [2.24, 2.45) is 0 Å². The predicted octanol–water partition coefficient (Wildman–Crippen LogP) is 12.7. The largest absolute Gasteiger partial charge is 0.309 e. The Bertz CT molecular complexity index is 2950. The molecule has 0 unspecified atom stereocenters. The van der Waals surface area contributed by atoms with Crippen LogP contribution in [0.4, 0.5) is 0 Å². The van der Waals surface area contributed by atoms with Gasteiger partial charge in [0.25, 0.3) is 0 Å².